The molecule has 0 spiro atoms. The smallest absolute Gasteiger partial charge is 0.183 e. The fourth-order valence-electron chi connectivity index (χ4n) is 3.93. The number of hydrogen-bond acceptors (Lipinski definition) is 2. The fourth-order valence-corrected chi connectivity index (χ4v) is 3.93. The Hall–Kier alpha value is -0.670. The number of likely N-dealkylation sites (N-methyl/N-ethyl adjacent to an activating group) is 1. The first-order valence-electron chi connectivity index (χ1n) is 10.9. The number of hydrogen-bond donors (Lipinski definition) is 1. The Morgan fingerprint density at radius 3 is 2.24 bits per heavy atom. The molecular weight excluding hydrogens is 308 g/mol. The minimum Gasteiger partial charge on any atom is -0.391 e. The average Bonchev–Trinajstić information content (AvgIpc) is 3.02. The van der Waals surface area contributed by atoms with Crippen molar-refractivity contribution < 1.29 is 9.59 Å². The van der Waals surface area contributed by atoms with Gasteiger partial charge in [-0.1, -0.05) is 70.4 Å². The van der Waals surface area contributed by atoms with Crippen molar-refractivity contribution in [2.24, 2.45) is 4.99 Å². The normalized spacial score (nSPS) is 23.1. The third-order valence-electron chi connectivity index (χ3n) is 5.76. The van der Waals surface area contributed by atoms with Crippen LogP contribution in [0.1, 0.15) is 90.9 Å². The van der Waals surface area contributed by atoms with E-state index in [9.17, 15) is 5.11 Å². The molecule has 0 radical (unpaired) electrons. The summed E-state index contributed by atoms with van der Waals surface area (Å²) in [5, 5.41) is 9.34. The molecule has 0 aromatic rings. The Bertz CT molecular complexity index is 367. The minimum atomic E-state index is 0.266. The van der Waals surface area contributed by atoms with Gasteiger partial charge in [0.05, 0.1) is 19.4 Å². The Morgan fingerprint density at radius 1 is 0.960 bits per heavy atom. The lowest BCUT2D eigenvalue weighted by molar-refractivity contribution is -0.936. The number of unbranched alkanes of at least 4 members (excludes halogenated alkanes) is 9. The minimum absolute atomic E-state index is 0.266. The van der Waals surface area contributed by atoms with Crippen LogP contribution in [0.4, 0.5) is 0 Å². The van der Waals surface area contributed by atoms with Gasteiger partial charge < -0.3 is 5.11 Å². The molecule has 1 aliphatic rings. The molecule has 0 amide bonds. The third kappa shape index (κ3) is 9.01. The van der Waals surface area contributed by atoms with Gasteiger partial charge in [-0.3, -0.25) is 4.48 Å². The molecule has 1 aliphatic heterocycles. The molecule has 25 heavy (non-hydrogen) atoms. The molecule has 146 valence electrons. The topological polar surface area (TPSA) is 32.6 Å². The van der Waals surface area contributed by atoms with Crippen molar-refractivity contribution in [2.45, 2.75) is 97.1 Å². The summed E-state index contributed by atoms with van der Waals surface area (Å²) >= 11 is 0. The molecule has 2 atom stereocenters. The molecule has 1 rings (SSSR count). The molecule has 3 nitrogen and oxygen atoms in total. The summed E-state index contributed by atoms with van der Waals surface area (Å²) in [7, 11) is 0. The maximum Gasteiger partial charge on any atom is 0.183 e. The van der Waals surface area contributed by atoms with E-state index in [2.05, 4.69) is 37.2 Å². The number of nitrogens with zero attached hydrogens (tertiary/aromatic N) is 2. The monoisotopic (exact) mass is 351 g/mol. The van der Waals surface area contributed by atoms with Crippen molar-refractivity contribution in [1.82, 2.24) is 0 Å². The van der Waals surface area contributed by atoms with Crippen molar-refractivity contribution in [2.75, 3.05) is 26.2 Å². The summed E-state index contributed by atoms with van der Waals surface area (Å²) in [5.41, 5.74) is 0. The van der Waals surface area contributed by atoms with E-state index in [-0.39, 0.29) is 6.61 Å². The molecule has 0 aromatic carbocycles. The first kappa shape index (κ1) is 22.4. The van der Waals surface area contributed by atoms with Crippen LogP contribution in [0.5, 0.6) is 0 Å². The van der Waals surface area contributed by atoms with Gasteiger partial charge in [-0.05, 0) is 26.2 Å². The van der Waals surface area contributed by atoms with E-state index in [4.69, 9.17) is 0 Å². The van der Waals surface area contributed by atoms with E-state index in [1.54, 1.807) is 0 Å². The quantitative estimate of drug-likeness (QED) is 0.223. The van der Waals surface area contributed by atoms with Crippen LogP contribution < -0.4 is 0 Å². The first-order valence-corrected chi connectivity index (χ1v) is 10.9. The van der Waals surface area contributed by atoms with Crippen molar-refractivity contribution >= 4 is 6.21 Å². The lowest BCUT2D eigenvalue weighted by Crippen LogP contribution is -2.53. The third-order valence-corrected chi connectivity index (χ3v) is 5.76. The highest BCUT2D eigenvalue weighted by Crippen LogP contribution is 2.23. The molecule has 3 heteroatoms. The lowest BCUT2D eigenvalue weighted by atomic mass is 10.1. The van der Waals surface area contributed by atoms with Gasteiger partial charge in [0.1, 0.15) is 13.1 Å². The number of rotatable bonds is 16. The highest BCUT2D eigenvalue weighted by atomic mass is 16.3. The van der Waals surface area contributed by atoms with Crippen molar-refractivity contribution in [3.8, 4) is 0 Å². The summed E-state index contributed by atoms with van der Waals surface area (Å²) in [6, 6.07) is 0. The molecular formula is C22H43N2O+. The van der Waals surface area contributed by atoms with E-state index < -0.39 is 0 Å². The Morgan fingerprint density at radius 2 is 1.60 bits per heavy atom. The van der Waals surface area contributed by atoms with Crippen LogP contribution in [0.3, 0.4) is 0 Å². The molecule has 1 N–H and O–H groups in total. The van der Waals surface area contributed by atoms with Gasteiger partial charge in [-0.2, -0.15) is 0 Å². The maximum atomic E-state index is 9.34. The zero-order valence-corrected chi connectivity index (χ0v) is 17.0. The molecule has 0 bridgehead atoms. The van der Waals surface area contributed by atoms with Gasteiger partial charge in [0.25, 0.3) is 0 Å². The Labute approximate surface area is 156 Å². The second-order valence-electron chi connectivity index (χ2n) is 7.64. The molecule has 1 heterocycles. The number of aliphatic hydroxyl groups is 1. The molecule has 2 unspecified atom stereocenters. The zero-order valence-electron chi connectivity index (χ0n) is 17.0. The lowest BCUT2D eigenvalue weighted by Gasteiger charge is -2.37. The van der Waals surface area contributed by atoms with Crippen LogP contribution in [-0.2, 0) is 0 Å². The van der Waals surface area contributed by atoms with E-state index >= 15 is 0 Å². The molecule has 0 fully saturated rings. The van der Waals surface area contributed by atoms with Gasteiger partial charge in [-0.25, -0.2) is 4.99 Å². The van der Waals surface area contributed by atoms with Gasteiger partial charge in [0.2, 0.25) is 0 Å². The zero-order chi connectivity index (χ0) is 18.2. The van der Waals surface area contributed by atoms with Gasteiger partial charge >= 0.3 is 0 Å². The van der Waals surface area contributed by atoms with Gasteiger partial charge in [0.15, 0.2) is 6.17 Å². The summed E-state index contributed by atoms with van der Waals surface area (Å²) in [6.45, 7) is 7.66. The molecule has 0 aliphatic carbocycles. The standard InChI is InChI=1S/C22H43N2O/c1-3-5-6-7-8-9-10-11-12-13-14-15-16-17-22-23-18-19-24(22,4-2)20-21-25/h14-15,18,22,25H,3-13,16-17,19-21H2,1-2H3/q+1/b15-14+. The SMILES string of the molecule is CCCCCCCCCCC/C=C/CCC1N=CC[N+]1(CC)CCO. The molecule has 0 saturated heterocycles. The fraction of sp³-hybridized carbons (Fsp3) is 0.864. The predicted octanol–water partition coefficient (Wildman–Crippen LogP) is 5.48. The number of aliphatic imine (C=N–C) groups is 1. The number of quaternary nitrogens is 1. The van der Waals surface area contributed by atoms with Crippen LogP contribution in [0.2, 0.25) is 0 Å². The Kier molecular flexibility index (Phi) is 13.0. The van der Waals surface area contributed by atoms with E-state index in [1.807, 2.05) is 0 Å². The van der Waals surface area contributed by atoms with Crippen molar-refractivity contribution in [3.63, 3.8) is 0 Å². The molecule has 0 aromatic heterocycles. The van der Waals surface area contributed by atoms with Crippen LogP contribution in [0, 0.1) is 0 Å². The van der Waals surface area contributed by atoms with Crippen molar-refractivity contribution in [3.05, 3.63) is 12.2 Å². The molecule has 0 saturated carbocycles. The van der Waals surface area contributed by atoms with Crippen LogP contribution in [0.25, 0.3) is 0 Å². The highest BCUT2D eigenvalue weighted by molar-refractivity contribution is 5.60. The largest absolute Gasteiger partial charge is 0.391 e. The van der Waals surface area contributed by atoms with Gasteiger partial charge in [-0.15, -0.1) is 0 Å². The van der Waals surface area contributed by atoms with Crippen LogP contribution in [0.15, 0.2) is 17.1 Å². The second-order valence-corrected chi connectivity index (χ2v) is 7.64. The van der Waals surface area contributed by atoms with E-state index in [1.165, 1.54) is 64.2 Å². The number of aliphatic hydroxyl groups excluding tert-OH is 1. The second kappa shape index (κ2) is 14.5. The van der Waals surface area contributed by atoms with Gasteiger partial charge in [0, 0.05) is 6.42 Å². The number of allylic oxidation sites excluding steroid dienone is 2. The summed E-state index contributed by atoms with van der Waals surface area (Å²) in [6.07, 6.45) is 23.2. The highest BCUT2D eigenvalue weighted by Gasteiger charge is 2.36. The van der Waals surface area contributed by atoms with Crippen LogP contribution >= 0.6 is 0 Å². The average molecular weight is 352 g/mol. The van der Waals surface area contributed by atoms with E-state index in [0.717, 1.165) is 37.0 Å². The van der Waals surface area contributed by atoms with Crippen LogP contribution in [-0.4, -0.2) is 48.2 Å². The summed E-state index contributed by atoms with van der Waals surface area (Å²) in [5.74, 6) is 0. The van der Waals surface area contributed by atoms with Crippen molar-refractivity contribution in [1.29, 1.82) is 0 Å². The van der Waals surface area contributed by atoms with E-state index in [0.29, 0.717) is 6.17 Å². The summed E-state index contributed by atoms with van der Waals surface area (Å²) < 4.78 is 0.947. The maximum absolute atomic E-state index is 9.34. The first-order chi connectivity index (χ1) is 12.3. The predicted molar refractivity (Wildman–Crippen MR) is 110 cm³/mol. The Balaban J connectivity index is 2.00. The summed E-state index contributed by atoms with van der Waals surface area (Å²) in [4.78, 5) is 4.68.